The molecule has 11 heavy (non-hydrogen) atoms. The first-order valence-electron chi connectivity index (χ1n) is 2.88. The molecule has 1 heterocycles. The molecule has 0 saturated carbocycles. The number of aromatic nitrogens is 2. The molecule has 1 rings (SSSR count). The first-order chi connectivity index (χ1) is 5.15. The molecule has 1 N–H and O–H groups in total. The third-order valence-electron chi connectivity index (χ3n) is 1.18. The lowest BCUT2D eigenvalue weighted by Gasteiger charge is -1.91. The van der Waals surface area contributed by atoms with Gasteiger partial charge in [-0.25, -0.2) is 19.6 Å². The van der Waals surface area contributed by atoms with E-state index in [2.05, 4.69) is 9.41 Å². The average molecular weight is 157 g/mol. The van der Waals surface area contributed by atoms with Crippen LogP contribution in [0.1, 0.15) is 0 Å². The van der Waals surface area contributed by atoms with Gasteiger partial charge < -0.3 is 4.42 Å². The Labute approximate surface area is 60.8 Å². The standard InChI is InChI=1S/C5H7N3O3/c1-6-4-8(2)3(9)7-5(10)11-4/h1-2H3,(H,7,9,10). The van der Waals surface area contributed by atoms with E-state index in [-0.39, 0.29) is 5.68 Å². The summed E-state index contributed by atoms with van der Waals surface area (Å²) in [5.74, 6) is -0.798. The maximum Gasteiger partial charge on any atom is 0.423 e. The average Bonchev–Trinajstić information content (AvgIpc) is 1.96. The molecule has 6 nitrogen and oxygen atoms in total. The molecule has 0 unspecified atom stereocenters. The monoisotopic (exact) mass is 157 g/mol. The fourth-order valence-corrected chi connectivity index (χ4v) is 0.631. The van der Waals surface area contributed by atoms with Crippen LogP contribution in [-0.4, -0.2) is 16.6 Å². The molecule has 0 radical (unpaired) electrons. The normalized spacial score (nSPS) is 12.0. The molecular formula is C5H7N3O3. The van der Waals surface area contributed by atoms with E-state index in [1.807, 2.05) is 4.98 Å². The first-order valence-corrected chi connectivity index (χ1v) is 2.88. The van der Waals surface area contributed by atoms with Crippen LogP contribution in [0.2, 0.25) is 0 Å². The number of aromatic amines is 1. The molecule has 0 spiro atoms. The zero-order valence-electron chi connectivity index (χ0n) is 6.12. The van der Waals surface area contributed by atoms with Gasteiger partial charge in [0.1, 0.15) is 0 Å². The summed E-state index contributed by atoms with van der Waals surface area (Å²) in [6, 6.07) is 0. The van der Waals surface area contributed by atoms with Crippen LogP contribution in [0.3, 0.4) is 0 Å². The fraction of sp³-hybridized carbons (Fsp3) is 0.400. The summed E-state index contributed by atoms with van der Waals surface area (Å²) < 4.78 is 5.62. The largest absolute Gasteiger partial charge is 0.423 e. The van der Waals surface area contributed by atoms with Crippen LogP contribution < -0.4 is 17.1 Å². The fourth-order valence-electron chi connectivity index (χ4n) is 0.631. The van der Waals surface area contributed by atoms with Gasteiger partial charge in [-0.15, -0.1) is 0 Å². The lowest BCUT2D eigenvalue weighted by Crippen LogP contribution is -2.38. The summed E-state index contributed by atoms with van der Waals surface area (Å²) in [5, 5.41) is 0. The Morgan fingerprint density at radius 2 is 2.18 bits per heavy atom. The minimum Gasteiger partial charge on any atom is -0.375 e. The summed E-state index contributed by atoms with van der Waals surface area (Å²) in [6.45, 7) is 0. The second-order valence-corrected chi connectivity index (χ2v) is 1.88. The van der Waals surface area contributed by atoms with Crippen LogP contribution >= 0.6 is 0 Å². The molecule has 0 atom stereocenters. The molecule has 0 aromatic carbocycles. The molecular weight excluding hydrogens is 150 g/mol. The van der Waals surface area contributed by atoms with Crippen molar-refractivity contribution >= 4 is 0 Å². The van der Waals surface area contributed by atoms with Gasteiger partial charge in [0.15, 0.2) is 0 Å². The predicted octanol–water partition coefficient (Wildman–Crippen LogP) is -1.80. The van der Waals surface area contributed by atoms with Gasteiger partial charge in [-0.3, -0.25) is 4.57 Å². The molecule has 1 aromatic heterocycles. The van der Waals surface area contributed by atoms with Crippen LogP contribution in [0.5, 0.6) is 0 Å². The Kier molecular flexibility index (Phi) is 1.75. The van der Waals surface area contributed by atoms with E-state index in [9.17, 15) is 9.59 Å². The van der Waals surface area contributed by atoms with Crippen molar-refractivity contribution in [1.82, 2.24) is 9.55 Å². The number of H-pyrrole nitrogens is 1. The maximum absolute atomic E-state index is 10.8. The molecule has 0 amide bonds. The minimum absolute atomic E-state index is 0.00116. The Bertz CT molecular complexity index is 422. The van der Waals surface area contributed by atoms with Gasteiger partial charge >= 0.3 is 17.1 Å². The molecule has 1 aromatic rings. The highest BCUT2D eigenvalue weighted by molar-refractivity contribution is 4.59. The van der Waals surface area contributed by atoms with E-state index in [0.29, 0.717) is 0 Å². The number of rotatable bonds is 0. The van der Waals surface area contributed by atoms with Crippen molar-refractivity contribution in [2.75, 3.05) is 7.05 Å². The molecule has 0 aliphatic carbocycles. The highest BCUT2D eigenvalue weighted by Gasteiger charge is 1.94. The first kappa shape index (κ1) is 7.52. The van der Waals surface area contributed by atoms with Crippen LogP contribution in [-0.2, 0) is 7.05 Å². The number of hydrogen-bond donors (Lipinski definition) is 1. The lowest BCUT2D eigenvalue weighted by molar-refractivity contribution is 0.368. The maximum atomic E-state index is 10.8. The van der Waals surface area contributed by atoms with Crippen molar-refractivity contribution in [1.29, 1.82) is 0 Å². The van der Waals surface area contributed by atoms with E-state index >= 15 is 0 Å². The minimum atomic E-state index is -0.798. The molecule has 60 valence electrons. The molecule has 0 saturated heterocycles. The lowest BCUT2D eigenvalue weighted by atomic mass is 10.9. The molecule has 0 aliphatic heterocycles. The molecule has 6 heteroatoms. The Hall–Kier alpha value is -1.59. The zero-order valence-corrected chi connectivity index (χ0v) is 6.12. The Morgan fingerprint density at radius 3 is 2.73 bits per heavy atom. The van der Waals surface area contributed by atoms with Gasteiger partial charge in [0.25, 0.3) is 0 Å². The van der Waals surface area contributed by atoms with Crippen molar-refractivity contribution in [3.05, 3.63) is 26.7 Å². The highest BCUT2D eigenvalue weighted by atomic mass is 16.4. The summed E-state index contributed by atoms with van der Waals surface area (Å²) in [4.78, 5) is 26.8. The number of hydrogen-bond acceptors (Lipinski definition) is 4. The van der Waals surface area contributed by atoms with Gasteiger partial charge in [0, 0.05) is 14.1 Å². The van der Waals surface area contributed by atoms with Gasteiger partial charge in [-0.2, -0.15) is 0 Å². The second-order valence-electron chi connectivity index (χ2n) is 1.88. The molecule has 0 aliphatic rings. The van der Waals surface area contributed by atoms with E-state index in [1.165, 1.54) is 14.1 Å². The van der Waals surface area contributed by atoms with Gasteiger partial charge in [0.05, 0.1) is 0 Å². The van der Waals surface area contributed by atoms with E-state index in [0.717, 1.165) is 4.57 Å². The third-order valence-corrected chi connectivity index (χ3v) is 1.18. The quantitative estimate of drug-likeness (QED) is 0.482. The Morgan fingerprint density at radius 1 is 1.55 bits per heavy atom. The third kappa shape index (κ3) is 1.28. The predicted molar refractivity (Wildman–Crippen MR) is 36.1 cm³/mol. The van der Waals surface area contributed by atoms with Crippen molar-refractivity contribution in [2.24, 2.45) is 12.0 Å². The van der Waals surface area contributed by atoms with Crippen LogP contribution in [0.25, 0.3) is 0 Å². The van der Waals surface area contributed by atoms with Crippen molar-refractivity contribution in [3.8, 4) is 0 Å². The second kappa shape index (κ2) is 2.57. The van der Waals surface area contributed by atoms with Gasteiger partial charge in [-0.05, 0) is 0 Å². The van der Waals surface area contributed by atoms with E-state index in [1.54, 1.807) is 0 Å². The summed E-state index contributed by atoms with van der Waals surface area (Å²) >= 11 is 0. The van der Waals surface area contributed by atoms with E-state index in [4.69, 9.17) is 0 Å². The topological polar surface area (TPSA) is 80.4 Å². The van der Waals surface area contributed by atoms with Crippen LogP contribution in [0.15, 0.2) is 19.0 Å². The molecule has 0 fully saturated rings. The van der Waals surface area contributed by atoms with Crippen LogP contribution in [0, 0.1) is 0 Å². The smallest absolute Gasteiger partial charge is 0.375 e. The SMILES string of the molecule is CN=c1oc(=O)[nH]c(=O)n1C. The summed E-state index contributed by atoms with van der Waals surface area (Å²) in [6.07, 6.45) is 0. The molecule has 0 bridgehead atoms. The zero-order chi connectivity index (χ0) is 8.43. The van der Waals surface area contributed by atoms with Gasteiger partial charge in [-0.1, -0.05) is 0 Å². The van der Waals surface area contributed by atoms with Gasteiger partial charge in [0.2, 0.25) is 0 Å². The Balaban J connectivity index is 3.78. The van der Waals surface area contributed by atoms with Crippen molar-refractivity contribution in [2.45, 2.75) is 0 Å². The van der Waals surface area contributed by atoms with Crippen molar-refractivity contribution < 1.29 is 4.42 Å². The number of nitrogens with one attached hydrogen (secondary N) is 1. The summed E-state index contributed by atoms with van der Waals surface area (Å²) in [7, 11) is 2.88. The van der Waals surface area contributed by atoms with Crippen LogP contribution in [0.4, 0.5) is 0 Å². The van der Waals surface area contributed by atoms with E-state index < -0.39 is 11.4 Å². The highest BCUT2D eigenvalue weighted by Crippen LogP contribution is 1.54. The number of nitrogens with zero attached hydrogens (tertiary/aromatic N) is 2. The van der Waals surface area contributed by atoms with Crippen molar-refractivity contribution in [3.63, 3.8) is 0 Å². The summed E-state index contributed by atoms with van der Waals surface area (Å²) in [5.41, 5.74) is -0.541.